The molecule has 0 aliphatic carbocycles. The van der Waals surface area contributed by atoms with Gasteiger partial charge in [-0.1, -0.05) is 18.2 Å². The van der Waals surface area contributed by atoms with Gasteiger partial charge in [-0.15, -0.1) is 0 Å². The maximum Gasteiger partial charge on any atom is 0.112 e. The highest BCUT2D eigenvalue weighted by atomic mass is 79.9. The summed E-state index contributed by atoms with van der Waals surface area (Å²) in [7, 11) is 4.00. The Labute approximate surface area is 126 Å². The molecule has 0 aliphatic rings. The lowest BCUT2D eigenvalue weighted by Gasteiger charge is -2.00. The second-order valence-corrected chi connectivity index (χ2v) is 5.58. The van der Waals surface area contributed by atoms with Crippen LogP contribution in [0, 0.1) is 0 Å². The lowest BCUT2D eigenvalue weighted by Crippen LogP contribution is -2.13. The van der Waals surface area contributed by atoms with Crippen LogP contribution >= 0.6 is 15.9 Å². The van der Waals surface area contributed by atoms with Crippen molar-refractivity contribution >= 4 is 26.8 Å². The zero-order chi connectivity index (χ0) is 14.1. The number of fused-ring (bicyclic) bond motifs is 1. The van der Waals surface area contributed by atoms with Gasteiger partial charge in [-0.2, -0.15) is 0 Å². The van der Waals surface area contributed by atoms with Gasteiger partial charge in [-0.25, -0.2) is 4.98 Å². The van der Waals surface area contributed by atoms with Crippen LogP contribution in [-0.2, 0) is 13.5 Å². The average Bonchev–Trinajstić information content (AvgIpc) is 3.00. The van der Waals surface area contributed by atoms with Crippen molar-refractivity contribution in [2.24, 2.45) is 7.05 Å². The second-order valence-electron chi connectivity index (χ2n) is 4.83. The molecule has 0 saturated carbocycles. The van der Waals surface area contributed by atoms with Crippen molar-refractivity contribution in [3.63, 3.8) is 0 Å². The molecule has 3 rings (SSSR count). The number of aromatic amines is 1. The van der Waals surface area contributed by atoms with Gasteiger partial charge in [0, 0.05) is 42.7 Å². The Morgan fingerprint density at radius 2 is 2.15 bits per heavy atom. The Kier molecular flexibility index (Phi) is 3.63. The monoisotopic (exact) mass is 332 g/mol. The van der Waals surface area contributed by atoms with Crippen LogP contribution in [0.1, 0.15) is 5.82 Å². The maximum atomic E-state index is 4.80. The number of hydrogen-bond donors (Lipinski definition) is 2. The minimum atomic E-state index is 0.911. The van der Waals surface area contributed by atoms with Gasteiger partial charge >= 0.3 is 0 Å². The van der Waals surface area contributed by atoms with Crippen LogP contribution in [-0.4, -0.2) is 28.1 Å². The van der Waals surface area contributed by atoms with Crippen LogP contribution in [0.4, 0.5) is 0 Å². The van der Waals surface area contributed by atoms with Crippen molar-refractivity contribution in [2.75, 3.05) is 13.6 Å². The molecular formula is C15H17BrN4. The molecule has 0 atom stereocenters. The molecule has 0 unspecified atom stereocenters. The molecule has 2 N–H and O–H groups in total. The van der Waals surface area contributed by atoms with E-state index < -0.39 is 0 Å². The van der Waals surface area contributed by atoms with Crippen molar-refractivity contribution < 1.29 is 0 Å². The molecule has 0 fully saturated rings. The van der Waals surface area contributed by atoms with Crippen molar-refractivity contribution in [1.82, 2.24) is 19.9 Å². The van der Waals surface area contributed by atoms with Gasteiger partial charge < -0.3 is 14.9 Å². The molecule has 0 amide bonds. The van der Waals surface area contributed by atoms with Gasteiger partial charge in [0.15, 0.2) is 0 Å². The first kappa shape index (κ1) is 13.4. The first-order valence-electron chi connectivity index (χ1n) is 6.64. The SMILES string of the molecule is CNCCc1nc(-c2c[nH]c3ccccc23)c(Br)n1C. The zero-order valence-corrected chi connectivity index (χ0v) is 13.2. The topological polar surface area (TPSA) is 45.6 Å². The number of rotatable bonds is 4. The smallest absolute Gasteiger partial charge is 0.112 e. The zero-order valence-electron chi connectivity index (χ0n) is 11.6. The number of imidazole rings is 1. The van der Waals surface area contributed by atoms with E-state index >= 15 is 0 Å². The van der Waals surface area contributed by atoms with Gasteiger partial charge in [0.2, 0.25) is 0 Å². The van der Waals surface area contributed by atoms with Crippen LogP contribution in [0.5, 0.6) is 0 Å². The Balaban J connectivity index is 2.10. The molecule has 20 heavy (non-hydrogen) atoms. The van der Waals surface area contributed by atoms with Gasteiger partial charge in [0.25, 0.3) is 0 Å². The van der Waals surface area contributed by atoms with Crippen LogP contribution in [0.25, 0.3) is 22.2 Å². The number of nitrogens with one attached hydrogen (secondary N) is 2. The minimum Gasteiger partial charge on any atom is -0.360 e. The van der Waals surface area contributed by atoms with E-state index in [1.807, 2.05) is 26.4 Å². The van der Waals surface area contributed by atoms with E-state index in [0.717, 1.165) is 40.2 Å². The summed E-state index contributed by atoms with van der Waals surface area (Å²) in [6, 6.07) is 8.29. The highest BCUT2D eigenvalue weighted by molar-refractivity contribution is 9.10. The molecule has 104 valence electrons. The number of H-pyrrole nitrogens is 1. The number of benzene rings is 1. The van der Waals surface area contributed by atoms with Gasteiger partial charge in [-0.05, 0) is 29.0 Å². The summed E-state index contributed by atoms with van der Waals surface area (Å²) >= 11 is 3.67. The summed E-state index contributed by atoms with van der Waals surface area (Å²) < 4.78 is 3.13. The summed E-state index contributed by atoms with van der Waals surface area (Å²) in [6.07, 6.45) is 2.94. The van der Waals surface area contributed by atoms with Crippen molar-refractivity contribution in [2.45, 2.75) is 6.42 Å². The third-order valence-electron chi connectivity index (χ3n) is 3.56. The molecule has 0 aliphatic heterocycles. The fourth-order valence-corrected chi connectivity index (χ4v) is 2.93. The number of nitrogens with zero attached hydrogens (tertiary/aromatic N) is 2. The van der Waals surface area contributed by atoms with E-state index in [9.17, 15) is 0 Å². The normalized spacial score (nSPS) is 11.3. The van der Waals surface area contributed by atoms with E-state index in [1.54, 1.807) is 0 Å². The molecular weight excluding hydrogens is 316 g/mol. The van der Waals surface area contributed by atoms with Gasteiger partial charge in [0.1, 0.15) is 16.1 Å². The predicted molar refractivity (Wildman–Crippen MR) is 85.8 cm³/mol. The van der Waals surface area contributed by atoms with E-state index in [4.69, 9.17) is 4.98 Å². The summed E-state index contributed by atoms with van der Waals surface area (Å²) in [4.78, 5) is 8.10. The summed E-state index contributed by atoms with van der Waals surface area (Å²) in [6.45, 7) is 0.921. The minimum absolute atomic E-state index is 0.911. The lowest BCUT2D eigenvalue weighted by molar-refractivity contribution is 0.713. The molecule has 0 radical (unpaired) electrons. The van der Waals surface area contributed by atoms with Crippen molar-refractivity contribution in [3.05, 3.63) is 40.9 Å². The number of para-hydroxylation sites is 1. The Morgan fingerprint density at radius 1 is 1.35 bits per heavy atom. The molecule has 5 heteroatoms. The molecule has 0 saturated heterocycles. The van der Waals surface area contributed by atoms with Crippen LogP contribution in [0.3, 0.4) is 0 Å². The molecule has 0 spiro atoms. The highest BCUT2D eigenvalue weighted by Gasteiger charge is 2.16. The predicted octanol–water partition coefficient (Wildman–Crippen LogP) is 3.09. The van der Waals surface area contributed by atoms with E-state index in [1.165, 1.54) is 5.39 Å². The highest BCUT2D eigenvalue weighted by Crippen LogP contribution is 2.33. The molecule has 3 aromatic rings. The number of hydrogen-bond acceptors (Lipinski definition) is 2. The van der Waals surface area contributed by atoms with Crippen LogP contribution in [0.15, 0.2) is 35.1 Å². The average molecular weight is 333 g/mol. The maximum absolute atomic E-state index is 4.80. The van der Waals surface area contributed by atoms with E-state index in [-0.39, 0.29) is 0 Å². The molecule has 1 aromatic carbocycles. The Bertz CT molecular complexity index is 741. The Morgan fingerprint density at radius 3 is 2.95 bits per heavy atom. The number of aromatic nitrogens is 3. The third-order valence-corrected chi connectivity index (χ3v) is 4.47. The third kappa shape index (κ3) is 2.17. The van der Waals surface area contributed by atoms with Crippen LogP contribution < -0.4 is 5.32 Å². The quantitative estimate of drug-likeness (QED) is 0.771. The molecule has 0 bridgehead atoms. The first-order chi connectivity index (χ1) is 9.72. The van der Waals surface area contributed by atoms with Crippen molar-refractivity contribution in [3.8, 4) is 11.3 Å². The van der Waals surface area contributed by atoms with E-state index in [0.29, 0.717) is 0 Å². The van der Waals surface area contributed by atoms with Crippen molar-refractivity contribution in [1.29, 1.82) is 0 Å². The first-order valence-corrected chi connectivity index (χ1v) is 7.44. The van der Waals surface area contributed by atoms with E-state index in [2.05, 4.69) is 49.0 Å². The summed E-state index contributed by atoms with van der Waals surface area (Å²) in [5.41, 5.74) is 3.27. The summed E-state index contributed by atoms with van der Waals surface area (Å²) in [5.74, 6) is 1.08. The summed E-state index contributed by atoms with van der Waals surface area (Å²) in [5, 5.41) is 4.36. The molecule has 2 aromatic heterocycles. The van der Waals surface area contributed by atoms with Gasteiger partial charge in [-0.3, -0.25) is 0 Å². The molecule has 2 heterocycles. The van der Waals surface area contributed by atoms with Crippen LogP contribution in [0.2, 0.25) is 0 Å². The Hall–Kier alpha value is -1.59. The number of halogens is 1. The fraction of sp³-hybridized carbons (Fsp3) is 0.267. The van der Waals surface area contributed by atoms with Gasteiger partial charge in [0.05, 0.1) is 0 Å². The lowest BCUT2D eigenvalue weighted by atomic mass is 10.1. The molecule has 4 nitrogen and oxygen atoms in total. The standard InChI is InChI=1S/C15H17BrN4/c1-17-8-7-13-19-14(15(16)20(13)2)11-9-18-12-6-4-3-5-10(11)12/h3-6,9,17-18H,7-8H2,1-2H3. The number of likely N-dealkylation sites (N-methyl/N-ethyl adjacent to an activating group) is 1. The largest absolute Gasteiger partial charge is 0.360 e. The second kappa shape index (κ2) is 5.42. The fourth-order valence-electron chi connectivity index (χ4n) is 2.42.